The van der Waals surface area contributed by atoms with Crippen LogP contribution >= 0.6 is 0 Å². The van der Waals surface area contributed by atoms with E-state index in [4.69, 9.17) is 0 Å². The summed E-state index contributed by atoms with van der Waals surface area (Å²) >= 11 is 0. The van der Waals surface area contributed by atoms with Crippen LogP contribution in [-0.4, -0.2) is 33.8 Å². The quantitative estimate of drug-likeness (QED) is 0.842. The van der Waals surface area contributed by atoms with Gasteiger partial charge in [-0.1, -0.05) is 12.1 Å². The molecule has 1 aromatic carbocycles. The molecule has 6 heteroatoms. The van der Waals surface area contributed by atoms with Crippen LogP contribution in [-0.2, 0) is 11.8 Å². The Balaban J connectivity index is 1.67. The van der Waals surface area contributed by atoms with Crippen LogP contribution in [0.25, 0.3) is 11.4 Å². The van der Waals surface area contributed by atoms with Crippen LogP contribution < -0.4 is 10.6 Å². The molecular weight excluding hydrogens is 266 g/mol. The van der Waals surface area contributed by atoms with Gasteiger partial charge in [0.15, 0.2) is 5.82 Å². The number of anilines is 1. The number of nitrogens with zero attached hydrogens (tertiary/aromatic N) is 3. The highest BCUT2D eigenvalue weighted by Crippen LogP contribution is 2.27. The SMILES string of the molecule is Cn1cnnc1-c1ccccc1NC(=O)CNCC1CC1. The second kappa shape index (κ2) is 6.05. The lowest BCUT2D eigenvalue weighted by molar-refractivity contribution is -0.115. The third kappa shape index (κ3) is 3.46. The highest BCUT2D eigenvalue weighted by molar-refractivity contribution is 5.95. The molecule has 0 saturated heterocycles. The van der Waals surface area contributed by atoms with E-state index in [0.29, 0.717) is 6.54 Å². The van der Waals surface area contributed by atoms with E-state index in [0.717, 1.165) is 29.5 Å². The first-order valence-electron chi connectivity index (χ1n) is 7.18. The van der Waals surface area contributed by atoms with E-state index in [2.05, 4.69) is 20.8 Å². The maximum absolute atomic E-state index is 12.0. The molecule has 1 aliphatic rings. The molecule has 3 rings (SSSR count). The van der Waals surface area contributed by atoms with Gasteiger partial charge in [0, 0.05) is 12.6 Å². The van der Waals surface area contributed by atoms with Crippen LogP contribution in [0.3, 0.4) is 0 Å². The van der Waals surface area contributed by atoms with Crippen molar-refractivity contribution in [2.75, 3.05) is 18.4 Å². The number of para-hydroxylation sites is 1. The highest BCUT2D eigenvalue weighted by atomic mass is 16.1. The number of aromatic nitrogens is 3. The van der Waals surface area contributed by atoms with E-state index >= 15 is 0 Å². The van der Waals surface area contributed by atoms with Crippen LogP contribution in [0.4, 0.5) is 5.69 Å². The summed E-state index contributed by atoms with van der Waals surface area (Å²) in [6.45, 7) is 1.27. The Kier molecular flexibility index (Phi) is 3.96. The molecule has 0 unspecified atom stereocenters. The van der Waals surface area contributed by atoms with E-state index in [1.807, 2.05) is 35.9 Å². The number of carbonyl (C=O) groups is 1. The fraction of sp³-hybridized carbons (Fsp3) is 0.400. The minimum Gasteiger partial charge on any atom is -0.324 e. The molecule has 2 aromatic rings. The second-order valence-corrected chi connectivity index (χ2v) is 5.43. The van der Waals surface area contributed by atoms with Gasteiger partial charge < -0.3 is 15.2 Å². The molecule has 1 fully saturated rings. The van der Waals surface area contributed by atoms with Crippen molar-refractivity contribution in [3.05, 3.63) is 30.6 Å². The minimum absolute atomic E-state index is 0.0368. The topological polar surface area (TPSA) is 71.8 Å². The summed E-state index contributed by atoms with van der Waals surface area (Å²) in [7, 11) is 1.88. The van der Waals surface area contributed by atoms with E-state index < -0.39 is 0 Å². The van der Waals surface area contributed by atoms with Gasteiger partial charge in [0.05, 0.1) is 12.2 Å². The van der Waals surface area contributed by atoms with Crippen LogP contribution in [0.1, 0.15) is 12.8 Å². The molecule has 0 radical (unpaired) electrons. The molecule has 2 N–H and O–H groups in total. The zero-order valence-corrected chi connectivity index (χ0v) is 12.0. The first-order chi connectivity index (χ1) is 10.2. The summed E-state index contributed by atoms with van der Waals surface area (Å²) in [6, 6.07) is 7.62. The zero-order valence-electron chi connectivity index (χ0n) is 12.0. The Morgan fingerprint density at radius 1 is 1.38 bits per heavy atom. The van der Waals surface area contributed by atoms with E-state index in [9.17, 15) is 4.79 Å². The van der Waals surface area contributed by atoms with Crippen molar-refractivity contribution in [2.45, 2.75) is 12.8 Å². The number of hydrogen-bond acceptors (Lipinski definition) is 4. The molecule has 0 spiro atoms. The lowest BCUT2D eigenvalue weighted by Crippen LogP contribution is -2.29. The summed E-state index contributed by atoms with van der Waals surface area (Å²) in [5.74, 6) is 1.46. The first kappa shape index (κ1) is 13.8. The standard InChI is InChI=1S/C15H19N5O/c1-20-10-17-19-15(20)12-4-2-3-5-13(12)18-14(21)9-16-8-11-6-7-11/h2-5,10-11,16H,6-9H2,1H3,(H,18,21). The Morgan fingerprint density at radius 2 is 2.19 bits per heavy atom. The van der Waals surface area contributed by atoms with Gasteiger partial charge in [0.25, 0.3) is 0 Å². The average molecular weight is 285 g/mol. The molecule has 1 heterocycles. The molecular formula is C15H19N5O. The van der Waals surface area contributed by atoms with Gasteiger partial charge in [0.1, 0.15) is 6.33 Å². The lowest BCUT2D eigenvalue weighted by atomic mass is 10.1. The third-order valence-corrected chi connectivity index (χ3v) is 3.57. The maximum atomic E-state index is 12.0. The summed E-state index contributed by atoms with van der Waals surface area (Å²) in [4.78, 5) is 12.0. The summed E-state index contributed by atoms with van der Waals surface area (Å²) in [5.41, 5.74) is 1.62. The van der Waals surface area contributed by atoms with Crippen molar-refractivity contribution in [1.29, 1.82) is 0 Å². The summed E-state index contributed by atoms with van der Waals surface area (Å²) < 4.78 is 1.83. The van der Waals surface area contributed by atoms with Crippen molar-refractivity contribution < 1.29 is 4.79 Å². The molecule has 1 saturated carbocycles. The Labute approximate surface area is 123 Å². The number of hydrogen-bond donors (Lipinski definition) is 2. The third-order valence-electron chi connectivity index (χ3n) is 3.57. The van der Waals surface area contributed by atoms with Gasteiger partial charge in [-0.2, -0.15) is 0 Å². The number of nitrogens with one attached hydrogen (secondary N) is 2. The molecule has 110 valence electrons. The number of aryl methyl sites for hydroxylation is 1. The van der Waals surface area contributed by atoms with Gasteiger partial charge in [-0.15, -0.1) is 10.2 Å². The van der Waals surface area contributed by atoms with Crippen molar-refractivity contribution in [2.24, 2.45) is 13.0 Å². The van der Waals surface area contributed by atoms with Crippen molar-refractivity contribution >= 4 is 11.6 Å². The maximum Gasteiger partial charge on any atom is 0.238 e. The van der Waals surface area contributed by atoms with Crippen molar-refractivity contribution in [1.82, 2.24) is 20.1 Å². The Hall–Kier alpha value is -2.21. The van der Waals surface area contributed by atoms with E-state index in [1.54, 1.807) is 6.33 Å². The van der Waals surface area contributed by atoms with Crippen molar-refractivity contribution in [3.8, 4) is 11.4 Å². The number of benzene rings is 1. The van der Waals surface area contributed by atoms with Gasteiger partial charge in [-0.25, -0.2) is 0 Å². The van der Waals surface area contributed by atoms with Crippen LogP contribution in [0, 0.1) is 5.92 Å². The van der Waals surface area contributed by atoms with Crippen LogP contribution in [0.5, 0.6) is 0 Å². The largest absolute Gasteiger partial charge is 0.324 e. The van der Waals surface area contributed by atoms with Gasteiger partial charge in [0.2, 0.25) is 5.91 Å². The fourth-order valence-corrected chi connectivity index (χ4v) is 2.22. The van der Waals surface area contributed by atoms with Crippen LogP contribution in [0.2, 0.25) is 0 Å². The summed E-state index contributed by atoms with van der Waals surface area (Å²) in [5, 5.41) is 14.1. The van der Waals surface area contributed by atoms with Gasteiger partial charge in [-0.3, -0.25) is 4.79 Å². The first-order valence-corrected chi connectivity index (χ1v) is 7.18. The highest BCUT2D eigenvalue weighted by Gasteiger charge is 2.20. The molecule has 0 atom stereocenters. The smallest absolute Gasteiger partial charge is 0.238 e. The molecule has 6 nitrogen and oxygen atoms in total. The number of amides is 1. The number of rotatable bonds is 6. The van der Waals surface area contributed by atoms with Crippen molar-refractivity contribution in [3.63, 3.8) is 0 Å². The molecule has 1 amide bonds. The second-order valence-electron chi connectivity index (χ2n) is 5.43. The molecule has 21 heavy (non-hydrogen) atoms. The van der Waals surface area contributed by atoms with E-state index in [-0.39, 0.29) is 5.91 Å². The lowest BCUT2D eigenvalue weighted by Gasteiger charge is -2.11. The monoisotopic (exact) mass is 285 g/mol. The minimum atomic E-state index is -0.0368. The normalized spacial score (nSPS) is 14.1. The van der Waals surface area contributed by atoms with Crippen LogP contribution in [0.15, 0.2) is 30.6 Å². The summed E-state index contributed by atoms with van der Waals surface area (Å²) in [6.07, 6.45) is 4.21. The Morgan fingerprint density at radius 3 is 2.90 bits per heavy atom. The van der Waals surface area contributed by atoms with E-state index in [1.165, 1.54) is 12.8 Å². The predicted molar refractivity (Wildman–Crippen MR) is 80.7 cm³/mol. The molecule has 0 aliphatic heterocycles. The van der Waals surface area contributed by atoms with Gasteiger partial charge >= 0.3 is 0 Å². The molecule has 1 aliphatic carbocycles. The zero-order chi connectivity index (χ0) is 14.7. The molecule has 0 bridgehead atoms. The number of carbonyl (C=O) groups excluding carboxylic acids is 1. The predicted octanol–water partition coefficient (Wildman–Crippen LogP) is 1.42. The average Bonchev–Trinajstić information content (AvgIpc) is 3.20. The van der Waals surface area contributed by atoms with Gasteiger partial charge in [-0.05, 0) is 37.4 Å². The molecule has 1 aromatic heterocycles. The Bertz CT molecular complexity index is 632. The fourth-order valence-electron chi connectivity index (χ4n) is 2.22.